The molecular formula is C51H54N12O6Y6-6. The van der Waals surface area contributed by atoms with E-state index in [9.17, 15) is 30.6 Å². The molecule has 0 saturated carbocycles. The van der Waals surface area contributed by atoms with E-state index in [1.807, 2.05) is 32.6 Å². The van der Waals surface area contributed by atoms with Crippen LogP contribution in [0.2, 0.25) is 0 Å². The van der Waals surface area contributed by atoms with Gasteiger partial charge in [-0.3, -0.25) is 0 Å². The van der Waals surface area contributed by atoms with E-state index in [1.165, 1.54) is 0 Å². The number of fused-ring (bicyclic) bond motifs is 18. The molecule has 24 heteroatoms. The number of nitrogens with two attached hydrogens (primary N) is 6. The molecule has 0 aliphatic carbocycles. The van der Waals surface area contributed by atoms with Crippen molar-refractivity contribution in [3.05, 3.63) is 103 Å². The summed E-state index contributed by atoms with van der Waals surface area (Å²) in [7, 11) is 0. The van der Waals surface area contributed by atoms with Gasteiger partial charge in [-0.25, -0.2) is 0 Å². The number of phenolic OH excluding ortho intramolecular Hbond substituents is 6. The molecule has 75 heavy (non-hydrogen) atoms. The Balaban J connectivity index is 0.000000234. The molecule has 0 unspecified atom stereocenters. The van der Waals surface area contributed by atoms with Crippen LogP contribution in [0.15, 0.2) is 0 Å². The fourth-order valence-corrected chi connectivity index (χ4v) is 10.9. The Morgan fingerprint density at radius 1 is 0.320 bits per heavy atom. The predicted octanol–water partition coefficient (Wildman–Crippen LogP) is 5.32. The normalized spacial score (nSPS) is 14.2. The Labute approximate surface area is 588 Å². The van der Waals surface area contributed by atoms with Crippen LogP contribution < -0.4 is 63.8 Å². The van der Waals surface area contributed by atoms with Crippen LogP contribution in [-0.2, 0) is 236 Å². The van der Waals surface area contributed by atoms with Crippen LogP contribution in [-0.4, -0.2) is 50.6 Å². The number of hydrogen-bond acceptors (Lipinski definition) is 18. The minimum absolute atomic E-state index is 0. The number of benzene rings is 6. The van der Waals surface area contributed by atoms with Crippen LogP contribution in [0.4, 0.5) is 68.2 Å². The summed E-state index contributed by atoms with van der Waals surface area (Å²) in [6.45, 7) is 16.4. The molecule has 6 heterocycles. The fraction of sp³-hybridized carbons (Fsp3) is 0.294. The number of aryl methyl sites for hydroxylation is 5. The molecular weight excluding hydrogens is 1410 g/mol. The fourth-order valence-electron chi connectivity index (χ4n) is 10.9. The molecule has 6 bridgehead atoms. The zero-order valence-electron chi connectivity index (χ0n) is 42.7. The molecule has 6 aliphatic heterocycles. The predicted molar refractivity (Wildman–Crippen MR) is 268 cm³/mol. The first-order valence-electron chi connectivity index (χ1n) is 22.3. The first-order valence-corrected chi connectivity index (χ1v) is 22.3. The van der Waals surface area contributed by atoms with Crippen LogP contribution >= 0.6 is 0 Å². The van der Waals surface area contributed by atoms with Gasteiger partial charge in [0.25, 0.3) is 0 Å². The molecule has 0 atom stereocenters. The number of anilines is 12. The van der Waals surface area contributed by atoms with Gasteiger partial charge < -0.3 is 94.4 Å². The van der Waals surface area contributed by atoms with Crippen LogP contribution in [0.25, 0.3) is 0 Å². The standard InChI is InChI=1S/3C17H18N4O2.6Y/c1-8-3-10-5-20-7-21(16(10)17(23)13(8)18)6-11-4-12(22)14(19)9(2)15(11)20;1-8-3-12(18)17(23)11-6-21-7-20(16(8)11)5-10-14(19)13(22)4-9(2)15(10)21;1-8-3-10-5-20-7-21(14(10)12(18)16(8)22)6-11-4-9(2)17(23)13(19)15(11)20;;;;;;/h3*22-23H,5-7,18-19H2,1-2H3;;;;;;/q3*-2;;;;;;. The average molecular weight is 1460 g/mol. The van der Waals surface area contributed by atoms with Gasteiger partial charge in [0.05, 0.1) is 25.8 Å². The number of rotatable bonds is 0. The Morgan fingerprint density at radius 2 is 0.693 bits per heavy atom. The summed E-state index contributed by atoms with van der Waals surface area (Å²) in [5.41, 5.74) is 53.5. The Kier molecular flexibility index (Phi) is 22.0. The summed E-state index contributed by atoms with van der Waals surface area (Å²) in [5, 5.41) is 61.0. The summed E-state index contributed by atoms with van der Waals surface area (Å²) in [6, 6.07) is 18.6. The Hall–Kier alpha value is -1.66. The largest absolute Gasteiger partial charge is 0.563 e. The minimum Gasteiger partial charge on any atom is -0.563 e. The molecule has 18 nitrogen and oxygen atoms in total. The molecule has 0 saturated heterocycles. The van der Waals surface area contributed by atoms with E-state index in [0.29, 0.717) is 98.8 Å². The Morgan fingerprint density at radius 3 is 1.20 bits per heavy atom. The van der Waals surface area contributed by atoms with Crippen molar-refractivity contribution < 1.29 is 227 Å². The maximum absolute atomic E-state index is 10.5. The molecule has 6 aromatic rings. The minimum atomic E-state index is -0.0250. The van der Waals surface area contributed by atoms with E-state index in [1.54, 1.807) is 13.8 Å². The van der Waals surface area contributed by atoms with E-state index in [-0.39, 0.29) is 236 Å². The van der Waals surface area contributed by atoms with Crippen molar-refractivity contribution in [3.8, 4) is 34.5 Å². The third kappa shape index (κ3) is 11.3. The van der Waals surface area contributed by atoms with Gasteiger partial charge in [0, 0.05) is 264 Å². The summed E-state index contributed by atoms with van der Waals surface area (Å²) in [6.07, 6.45) is 0. The molecule has 0 spiro atoms. The monoisotopic (exact) mass is 1460 g/mol. The number of nitrogen functional groups attached to an aromatic ring is 6. The SMILES string of the molecule is Cc1[c-]c(O)c(N)c2c1N1Cc3c(O)c(N)[c-]c(C)c3N(C2)C1.Cc1[c-]c2c(c(N)c1O)N1Cc3[c-]c(C)c(O)c(N)c3N(C2)C1.Cc1[c-]c2c(c(O)c1N)N1Cc3[c-]c(O)c(N)c(C)c3N(C2)C1.[Y].[Y].[Y].[Y].[Y].[Y]. The molecule has 0 amide bonds. The summed E-state index contributed by atoms with van der Waals surface area (Å²) >= 11 is 0. The van der Waals surface area contributed by atoms with Crippen molar-refractivity contribution >= 4 is 68.2 Å². The van der Waals surface area contributed by atoms with Crippen molar-refractivity contribution in [2.75, 3.05) is 83.8 Å². The van der Waals surface area contributed by atoms with Crippen molar-refractivity contribution in [2.24, 2.45) is 0 Å². The van der Waals surface area contributed by atoms with Gasteiger partial charge in [0.2, 0.25) is 0 Å². The van der Waals surface area contributed by atoms with Gasteiger partial charge in [0.15, 0.2) is 0 Å². The van der Waals surface area contributed by atoms with Gasteiger partial charge in [-0.05, 0) is 51.2 Å². The van der Waals surface area contributed by atoms with E-state index in [4.69, 9.17) is 34.4 Å². The van der Waals surface area contributed by atoms with Crippen LogP contribution in [0.5, 0.6) is 34.5 Å². The van der Waals surface area contributed by atoms with Gasteiger partial charge >= 0.3 is 0 Å². The maximum Gasteiger partial charge on any atom is 0.0696 e. The molecule has 18 N–H and O–H groups in total. The summed E-state index contributed by atoms with van der Waals surface area (Å²) in [5.74, 6) is 0.352. The van der Waals surface area contributed by atoms with Crippen molar-refractivity contribution in [2.45, 2.75) is 80.8 Å². The Bertz CT molecular complexity index is 2890. The van der Waals surface area contributed by atoms with Crippen molar-refractivity contribution in [1.29, 1.82) is 0 Å². The second-order valence-electron chi connectivity index (χ2n) is 18.6. The summed E-state index contributed by atoms with van der Waals surface area (Å²) < 4.78 is 0. The molecule has 6 aliphatic rings. The average Bonchev–Trinajstić information content (AvgIpc) is 3.29. The maximum atomic E-state index is 10.5. The van der Waals surface area contributed by atoms with Crippen molar-refractivity contribution in [1.82, 2.24) is 0 Å². The molecule has 0 fully saturated rings. The second kappa shape index (κ2) is 25.0. The number of phenols is 6. The summed E-state index contributed by atoms with van der Waals surface area (Å²) in [4.78, 5) is 12.6. The zero-order valence-corrected chi connectivity index (χ0v) is 59.7. The molecule has 6 aromatic carbocycles. The molecule has 378 valence electrons. The number of hydrogen-bond donors (Lipinski definition) is 12. The van der Waals surface area contributed by atoms with Gasteiger partial charge in [-0.1, -0.05) is 69.7 Å². The first-order chi connectivity index (χ1) is 32.6. The van der Waals surface area contributed by atoms with Crippen LogP contribution in [0.1, 0.15) is 66.8 Å². The van der Waals surface area contributed by atoms with Crippen LogP contribution in [0.3, 0.4) is 0 Å². The van der Waals surface area contributed by atoms with E-state index < -0.39 is 0 Å². The van der Waals surface area contributed by atoms with E-state index in [2.05, 4.69) is 60.9 Å². The van der Waals surface area contributed by atoms with Crippen LogP contribution in [0, 0.1) is 77.9 Å². The third-order valence-electron chi connectivity index (χ3n) is 14.1. The van der Waals surface area contributed by atoms with E-state index in [0.717, 1.165) is 89.8 Å². The molecule has 12 rings (SSSR count). The first kappa shape index (κ1) is 65.9. The van der Waals surface area contributed by atoms with Gasteiger partial charge in [0.1, 0.15) is 0 Å². The zero-order chi connectivity index (χ0) is 49.4. The van der Waals surface area contributed by atoms with E-state index >= 15 is 0 Å². The number of aromatic hydroxyl groups is 6. The number of nitrogens with zero attached hydrogens (tertiary/aromatic N) is 6. The quantitative estimate of drug-likeness (QED) is 0.0521. The van der Waals surface area contributed by atoms with Gasteiger partial charge in [-0.2, -0.15) is 24.3 Å². The topological polar surface area (TPSA) is 297 Å². The second-order valence-corrected chi connectivity index (χ2v) is 18.6. The van der Waals surface area contributed by atoms with Gasteiger partial charge in [-0.15, -0.1) is 67.8 Å². The molecule has 6 radical (unpaired) electrons. The van der Waals surface area contributed by atoms with Crippen molar-refractivity contribution in [3.63, 3.8) is 0 Å². The smallest absolute Gasteiger partial charge is 0.0696 e. The molecule has 0 aromatic heterocycles. The third-order valence-corrected chi connectivity index (χ3v) is 14.1.